The maximum absolute atomic E-state index is 13.2. The zero-order valence-electron chi connectivity index (χ0n) is 12.0. The molecule has 0 unspecified atom stereocenters. The van der Waals surface area contributed by atoms with Crippen molar-refractivity contribution < 1.29 is 32.6 Å². The van der Waals surface area contributed by atoms with Crippen LogP contribution in [0.25, 0.3) is 0 Å². The zero-order chi connectivity index (χ0) is 16.5. The number of hydroxylamine groups is 2. The number of hydrogen-bond acceptors (Lipinski definition) is 5. The van der Waals surface area contributed by atoms with Crippen molar-refractivity contribution in [1.29, 1.82) is 0 Å². The van der Waals surface area contributed by atoms with Crippen LogP contribution in [0.2, 0.25) is 0 Å². The van der Waals surface area contributed by atoms with Crippen LogP contribution in [0.1, 0.15) is 18.5 Å². The van der Waals surface area contributed by atoms with E-state index in [1.807, 2.05) is 0 Å². The predicted molar refractivity (Wildman–Crippen MR) is 69.2 cm³/mol. The Morgan fingerprint density at radius 1 is 1.41 bits per heavy atom. The summed E-state index contributed by atoms with van der Waals surface area (Å²) in [5.74, 6) is -6.74. The lowest BCUT2D eigenvalue weighted by Crippen LogP contribution is -2.53. The number of benzene rings is 1. The summed E-state index contributed by atoms with van der Waals surface area (Å²) in [6, 6.07) is 6.92. The highest BCUT2D eigenvalue weighted by Gasteiger charge is 2.71. The molecule has 5 nitrogen and oxygen atoms in total. The summed E-state index contributed by atoms with van der Waals surface area (Å²) in [6.07, 6.45) is -5.15. The molecule has 0 amide bonds. The summed E-state index contributed by atoms with van der Waals surface area (Å²) in [5.41, 5.74) is 0.406. The molecule has 0 radical (unpaired) electrons. The molecule has 122 valence electrons. The Bertz CT molecular complexity index is 537. The van der Waals surface area contributed by atoms with Gasteiger partial charge in [-0.2, -0.15) is 18.2 Å². The van der Waals surface area contributed by atoms with E-state index >= 15 is 0 Å². The van der Waals surface area contributed by atoms with Gasteiger partial charge in [-0.15, -0.1) is 0 Å². The van der Waals surface area contributed by atoms with Crippen LogP contribution >= 0.6 is 0 Å². The van der Waals surface area contributed by atoms with Crippen LogP contribution in [0, 0.1) is 5.92 Å². The van der Waals surface area contributed by atoms with Crippen LogP contribution in [-0.4, -0.2) is 41.8 Å². The van der Waals surface area contributed by atoms with Gasteiger partial charge in [0.15, 0.2) is 0 Å². The highest BCUT2D eigenvalue weighted by molar-refractivity contribution is 5.75. The van der Waals surface area contributed by atoms with E-state index in [2.05, 4.69) is 4.84 Å². The zero-order valence-corrected chi connectivity index (χ0v) is 12.0. The van der Waals surface area contributed by atoms with Gasteiger partial charge in [-0.3, -0.25) is 9.63 Å². The van der Waals surface area contributed by atoms with Crippen molar-refractivity contribution in [1.82, 2.24) is 5.06 Å². The smallest absolute Gasteiger partial charge is 0.445 e. The Morgan fingerprint density at radius 3 is 2.50 bits per heavy atom. The minimum atomic E-state index is -5.15. The molecule has 1 N–H and O–H groups in total. The molecule has 0 bridgehead atoms. The van der Waals surface area contributed by atoms with Gasteiger partial charge >= 0.3 is 12.1 Å². The first-order chi connectivity index (χ1) is 10.2. The van der Waals surface area contributed by atoms with E-state index in [9.17, 15) is 23.1 Å². The Labute approximate surface area is 125 Å². The molecule has 0 saturated carbocycles. The number of carbonyl (C=O) groups is 1. The molecule has 1 aliphatic heterocycles. The largest absolute Gasteiger partial charge is 0.466 e. The molecule has 1 aromatic rings. The number of ether oxygens (including phenoxy) is 1. The second kappa shape index (κ2) is 5.86. The highest BCUT2D eigenvalue weighted by Crippen LogP contribution is 2.51. The van der Waals surface area contributed by atoms with Crippen LogP contribution in [0.4, 0.5) is 13.2 Å². The number of carbonyl (C=O) groups excluding carboxylic acids is 1. The number of aliphatic hydroxyl groups is 1. The topological polar surface area (TPSA) is 59.0 Å². The quantitative estimate of drug-likeness (QED) is 0.864. The Kier molecular flexibility index (Phi) is 4.46. The van der Waals surface area contributed by atoms with Crippen LogP contribution in [0.3, 0.4) is 0 Å². The Hall–Kier alpha value is -1.64. The van der Waals surface area contributed by atoms with Gasteiger partial charge < -0.3 is 9.84 Å². The van der Waals surface area contributed by atoms with Crippen LogP contribution < -0.4 is 0 Å². The van der Waals surface area contributed by atoms with E-state index in [0.29, 0.717) is 5.56 Å². The van der Waals surface area contributed by atoms with Gasteiger partial charge in [0.05, 0.1) is 12.6 Å². The molecule has 1 saturated heterocycles. The fraction of sp³-hybridized carbons (Fsp3) is 0.500. The SMILES string of the molecule is CCOC(=O)[C@@H]1[C@H](c2ccccc2)N(C)O[C@@]1(O)C(F)(F)F. The summed E-state index contributed by atoms with van der Waals surface area (Å²) in [5, 5.41) is 10.8. The van der Waals surface area contributed by atoms with Gasteiger partial charge in [0, 0.05) is 7.05 Å². The third kappa shape index (κ3) is 2.69. The predicted octanol–water partition coefficient (Wildman–Crippen LogP) is 2.03. The molecule has 1 fully saturated rings. The number of rotatable bonds is 3. The minimum absolute atomic E-state index is 0.103. The van der Waals surface area contributed by atoms with Crippen molar-refractivity contribution in [3.8, 4) is 0 Å². The molecule has 1 aliphatic rings. The average molecular weight is 319 g/mol. The van der Waals surface area contributed by atoms with Gasteiger partial charge in [-0.25, -0.2) is 0 Å². The third-order valence-electron chi connectivity index (χ3n) is 3.50. The van der Waals surface area contributed by atoms with E-state index in [1.165, 1.54) is 14.0 Å². The fourth-order valence-corrected chi connectivity index (χ4v) is 2.56. The molecular formula is C14H16F3NO4. The van der Waals surface area contributed by atoms with Crippen molar-refractivity contribution in [2.45, 2.75) is 24.9 Å². The lowest BCUT2D eigenvalue weighted by Gasteiger charge is -2.29. The van der Waals surface area contributed by atoms with Gasteiger partial charge in [-0.05, 0) is 12.5 Å². The summed E-state index contributed by atoms with van der Waals surface area (Å²) in [4.78, 5) is 16.7. The lowest BCUT2D eigenvalue weighted by molar-refractivity contribution is -0.400. The number of halogens is 3. The summed E-state index contributed by atoms with van der Waals surface area (Å²) in [7, 11) is 1.23. The third-order valence-corrected chi connectivity index (χ3v) is 3.50. The van der Waals surface area contributed by atoms with Gasteiger partial charge in [-0.1, -0.05) is 30.3 Å². The maximum Gasteiger partial charge on any atom is 0.445 e. The normalized spacial score (nSPS) is 29.5. The summed E-state index contributed by atoms with van der Waals surface area (Å²) < 4.78 is 44.5. The Morgan fingerprint density at radius 2 is 2.00 bits per heavy atom. The van der Waals surface area contributed by atoms with Crippen molar-refractivity contribution in [3.05, 3.63) is 35.9 Å². The van der Waals surface area contributed by atoms with E-state index in [0.717, 1.165) is 5.06 Å². The molecule has 1 aromatic carbocycles. The lowest BCUT2D eigenvalue weighted by atomic mass is 9.87. The van der Waals surface area contributed by atoms with Crippen LogP contribution in [-0.2, 0) is 14.4 Å². The molecule has 1 heterocycles. The average Bonchev–Trinajstić information content (AvgIpc) is 2.72. The Balaban J connectivity index is 2.50. The second-order valence-electron chi connectivity index (χ2n) is 4.92. The van der Waals surface area contributed by atoms with Crippen LogP contribution in [0.5, 0.6) is 0 Å². The van der Waals surface area contributed by atoms with Gasteiger partial charge in [0.25, 0.3) is 5.79 Å². The van der Waals surface area contributed by atoms with Gasteiger partial charge in [0.2, 0.25) is 0 Å². The molecule has 8 heteroatoms. The molecule has 0 aromatic heterocycles. The van der Waals surface area contributed by atoms with E-state index < -0.39 is 29.9 Å². The number of hydrogen-bond donors (Lipinski definition) is 1. The minimum Gasteiger partial charge on any atom is -0.466 e. The highest BCUT2D eigenvalue weighted by atomic mass is 19.4. The second-order valence-corrected chi connectivity index (χ2v) is 4.92. The summed E-state index contributed by atoms with van der Waals surface area (Å²) >= 11 is 0. The van der Waals surface area contributed by atoms with Crippen LogP contribution in [0.15, 0.2) is 30.3 Å². The van der Waals surface area contributed by atoms with Crippen molar-refractivity contribution in [2.24, 2.45) is 5.92 Å². The van der Waals surface area contributed by atoms with Crippen molar-refractivity contribution >= 4 is 5.97 Å². The molecule has 2 rings (SSSR count). The molecule has 22 heavy (non-hydrogen) atoms. The monoisotopic (exact) mass is 319 g/mol. The number of alkyl halides is 3. The van der Waals surface area contributed by atoms with E-state index in [4.69, 9.17) is 4.74 Å². The first kappa shape index (κ1) is 16.7. The number of esters is 1. The van der Waals surface area contributed by atoms with E-state index in [1.54, 1.807) is 30.3 Å². The van der Waals surface area contributed by atoms with E-state index in [-0.39, 0.29) is 6.61 Å². The number of nitrogens with zero attached hydrogens (tertiary/aromatic N) is 1. The van der Waals surface area contributed by atoms with Crippen molar-refractivity contribution in [2.75, 3.05) is 13.7 Å². The standard InChI is InChI=1S/C14H16F3NO4/c1-3-21-12(19)10-11(9-7-5-4-6-8-9)18(2)22-13(10,20)14(15,16)17/h4-8,10-11,20H,3H2,1-2H3/t10-,11-,13+/m0/s1. The molecular weight excluding hydrogens is 303 g/mol. The molecule has 0 aliphatic carbocycles. The van der Waals surface area contributed by atoms with Crippen molar-refractivity contribution in [3.63, 3.8) is 0 Å². The molecule has 3 atom stereocenters. The van der Waals surface area contributed by atoms with Gasteiger partial charge in [0.1, 0.15) is 5.92 Å². The first-order valence-corrected chi connectivity index (χ1v) is 6.65. The first-order valence-electron chi connectivity index (χ1n) is 6.65. The molecule has 0 spiro atoms. The summed E-state index contributed by atoms with van der Waals surface area (Å²) in [6.45, 7) is 1.37. The fourth-order valence-electron chi connectivity index (χ4n) is 2.56. The maximum atomic E-state index is 13.2.